The number of halogens is 3. The van der Waals surface area contributed by atoms with Gasteiger partial charge >= 0.3 is 12.1 Å². The molecule has 1 aromatic rings. The molecule has 0 aliphatic carbocycles. The smallest absolute Gasteiger partial charge is 0.416 e. The van der Waals surface area contributed by atoms with Crippen LogP contribution < -0.4 is 5.73 Å². The molecule has 3 nitrogen and oxygen atoms in total. The van der Waals surface area contributed by atoms with E-state index in [4.69, 9.17) is 10.8 Å². The summed E-state index contributed by atoms with van der Waals surface area (Å²) in [5.74, 6) is -0.976. The van der Waals surface area contributed by atoms with Gasteiger partial charge in [-0.25, -0.2) is 0 Å². The number of benzene rings is 1. The molecule has 94 valence electrons. The Morgan fingerprint density at radius 3 is 2.53 bits per heavy atom. The lowest BCUT2D eigenvalue weighted by atomic mass is 10.0. The van der Waals surface area contributed by atoms with Crippen molar-refractivity contribution in [2.45, 2.75) is 25.4 Å². The minimum Gasteiger partial charge on any atom is -0.481 e. The van der Waals surface area contributed by atoms with Gasteiger partial charge in [0.05, 0.1) is 5.56 Å². The first-order valence-electron chi connectivity index (χ1n) is 4.98. The predicted molar refractivity (Wildman–Crippen MR) is 56.4 cm³/mol. The van der Waals surface area contributed by atoms with Crippen molar-refractivity contribution in [2.24, 2.45) is 0 Å². The molecule has 3 N–H and O–H groups in total. The Morgan fingerprint density at radius 2 is 2.00 bits per heavy atom. The number of anilines is 1. The third-order valence-electron chi connectivity index (χ3n) is 2.31. The summed E-state index contributed by atoms with van der Waals surface area (Å²) in [5.41, 5.74) is 5.36. The largest absolute Gasteiger partial charge is 0.481 e. The van der Waals surface area contributed by atoms with Crippen molar-refractivity contribution in [3.63, 3.8) is 0 Å². The fraction of sp³-hybridized carbons (Fsp3) is 0.364. The van der Waals surface area contributed by atoms with Crippen molar-refractivity contribution in [3.05, 3.63) is 29.3 Å². The molecule has 0 radical (unpaired) electrons. The van der Waals surface area contributed by atoms with Crippen LogP contribution in [0.5, 0.6) is 0 Å². The number of alkyl halides is 3. The fourth-order valence-corrected chi connectivity index (χ4v) is 1.43. The molecule has 0 spiro atoms. The van der Waals surface area contributed by atoms with Crippen molar-refractivity contribution in [1.29, 1.82) is 0 Å². The minimum absolute atomic E-state index is 0.0876. The zero-order chi connectivity index (χ0) is 13.1. The highest BCUT2D eigenvalue weighted by Gasteiger charge is 2.30. The number of rotatable bonds is 4. The van der Waals surface area contributed by atoms with E-state index < -0.39 is 17.7 Å². The summed E-state index contributed by atoms with van der Waals surface area (Å²) in [5, 5.41) is 8.43. The van der Waals surface area contributed by atoms with Crippen molar-refractivity contribution in [1.82, 2.24) is 0 Å². The highest BCUT2D eigenvalue weighted by molar-refractivity contribution is 5.66. The van der Waals surface area contributed by atoms with Crippen molar-refractivity contribution in [3.8, 4) is 0 Å². The van der Waals surface area contributed by atoms with E-state index in [9.17, 15) is 18.0 Å². The average molecular weight is 247 g/mol. The van der Waals surface area contributed by atoms with Gasteiger partial charge in [-0.3, -0.25) is 4.79 Å². The van der Waals surface area contributed by atoms with E-state index in [1.807, 2.05) is 0 Å². The Kier molecular flexibility index (Phi) is 3.98. The van der Waals surface area contributed by atoms with Gasteiger partial charge < -0.3 is 10.8 Å². The third-order valence-corrected chi connectivity index (χ3v) is 2.31. The van der Waals surface area contributed by atoms with Gasteiger partial charge in [-0.2, -0.15) is 13.2 Å². The second-order valence-corrected chi connectivity index (χ2v) is 3.66. The molecule has 0 saturated heterocycles. The predicted octanol–water partition coefficient (Wildman–Crippen LogP) is 2.69. The number of carboxylic acids is 1. The average Bonchev–Trinajstić information content (AvgIpc) is 2.18. The molecule has 1 aromatic carbocycles. The van der Waals surface area contributed by atoms with Crippen molar-refractivity contribution >= 4 is 11.7 Å². The molecule has 0 heterocycles. The highest BCUT2D eigenvalue weighted by Crippen LogP contribution is 2.31. The molecule has 0 atom stereocenters. The highest BCUT2D eigenvalue weighted by atomic mass is 19.4. The monoisotopic (exact) mass is 247 g/mol. The SMILES string of the molecule is Nc1ccc(C(F)(F)F)cc1CCCC(=O)O. The second kappa shape index (κ2) is 5.07. The van der Waals surface area contributed by atoms with Crippen LogP contribution in [-0.4, -0.2) is 11.1 Å². The molecular weight excluding hydrogens is 235 g/mol. The first-order valence-corrected chi connectivity index (χ1v) is 4.98. The van der Waals surface area contributed by atoms with Crippen LogP contribution in [0.2, 0.25) is 0 Å². The maximum atomic E-state index is 12.4. The quantitative estimate of drug-likeness (QED) is 0.804. The van der Waals surface area contributed by atoms with Gasteiger partial charge in [0.2, 0.25) is 0 Å². The molecule has 0 bridgehead atoms. The number of nitrogens with two attached hydrogens (primary N) is 1. The number of aryl methyl sites for hydroxylation is 1. The molecule has 0 aromatic heterocycles. The summed E-state index contributed by atoms with van der Waals surface area (Å²) in [6.45, 7) is 0. The Labute approximate surface area is 96.0 Å². The minimum atomic E-state index is -4.41. The summed E-state index contributed by atoms with van der Waals surface area (Å²) in [4.78, 5) is 10.3. The Morgan fingerprint density at radius 1 is 1.35 bits per heavy atom. The summed E-state index contributed by atoms with van der Waals surface area (Å²) < 4.78 is 37.2. The fourth-order valence-electron chi connectivity index (χ4n) is 1.43. The van der Waals surface area contributed by atoms with Crippen LogP contribution in [0.4, 0.5) is 18.9 Å². The molecule has 17 heavy (non-hydrogen) atoms. The number of hydrogen-bond acceptors (Lipinski definition) is 2. The van der Waals surface area contributed by atoms with Crippen LogP contribution >= 0.6 is 0 Å². The first-order chi connectivity index (χ1) is 7.80. The van der Waals surface area contributed by atoms with Crippen LogP contribution in [0, 0.1) is 0 Å². The molecule has 0 aliphatic rings. The third kappa shape index (κ3) is 3.97. The normalized spacial score (nSPS) is 11.5. The molecule has 1 rings (SSSR count). The van der Waals surface area contributed by atoms with Crippen molar-refractivity contribution < 1.29 is 23.1 Å². The van der Waals surface area contributed by atoms with Gasteiger partial charge in [0, 0.05) is 12.1 Å². The molecule has 0 aliphatic heterocycles. The van der Waals surface area contributed by atoms with E-state index in [0.717, 1.165) is 12.1 Å². The van der Waals surface area contributed by atoms with E-state index in [1.54, 1.807) is 0 Å². The van der Waals surface area contributed by atoms with E-state index in [1.165, 1.54) is 6.07 Å². The Balaban J connectivity index is 2.80. The van der Waals surface area contributed by atoms with Crippen LogP contribution in [-0.2, 0) is 17.4 Å². The van der Waals surface area contributed by atoms with Crippen LogP contribution in [0.3, 0.4) is 0 Å². The number of hydrogen-bond donors (Lipinski definition) is 2. The number of nitrogen functional groups attached to an aromatic ring is 1. The van der Waals surface area contributed by atoms with E-state index in [-0.39, 0.29) is 24.9 Å². The topological polar surface area (TPSA) is 63.3 Å². The van der Waals surface area contributed by atoms with Crippen LogP contribution in [0.1, 0.15) is 24.0 Å². The zero-order valence-corrected chi connectivity index (χ0v) is 8.92. The van der Waals surface area contributed by atoms with Crippen LogP contribution in [0.25, 0.3) is 0 Å². The van der Waals surface area contributed by atoms with Crippen LogP contribution in [0.15, 0.2) is 18.2 Å². The standard InChI is InChI=1S/C11H12F3NO2/c12-11(13,14)8-4-5-9(15)7(6-8)2-1-3-10(16)17/h4-6H,1-3,15H2,(H,16,17). The lowest BCUT2D eigenvalue weighted by molar-refractivity contribution is -0.138. The molecular formula is C11H12F3NO2. The molecule has 0 amide bonds. The van der Waals surface area contributed by atoms with E-state index in [2.05, 4.69) is 0 Å². The molecule has 6 heteroatoms. The van der Waals surface area contributed by atoms with E-state index in [0.29, 0.717) is 5.56 Å². The zero-order valence-electron chi connectivity index (χ0n) is 8.92. The number of carbonyl (C=O) groups is 1. The molecule has 0 saturated carbocycles. The van der Waals surface area contributed by atoms with Crippen molar-refractivity contribution in [2.75, 3.05) is 5.73 Å². The second-order valence-electron chi connectivity index (χ2n) is 3.66. The lowest BCUT2D eigenvalue weighted by Crippen LogP contribution is -2.07. The van der Waals surface area contributed by atoms with Gasteiger partial charge in [0.25, 0.3) is 0 Å². The maximum absolute atomic E-state index is 12.4. The Bertz CT molecular complexity index is 416. The summed E-state index contributed by atoms with van der Waals surface area (Å²) in [7, 11) is 0. The van der Waals surface area contributed by atoms with Gasteiger partial charge in [0.15, 0.2) is 0 Å². The lowest BCUT2D eigenvalue weighted by Gasteiger charge is -2.10. The van der Waals surface area contributed by atoms with Gasteiger partial charge in [-0.15, -0.1) is 0 Å². The maximum Gasteiger partial charge on any atom is 0.416 e. The Hall–Kier alpha value is -1.72. The van der Waals surface area contributed by atoms with Gasteiger partial charge in [-0.1, -0.05) is 0 Å². The summed E-state index contributed by atoms with van der Waals surface area (Å²) in [6.07, 6.45) is -4.01. The van der Waals surface area contributed by atoms with E-state index >= 15 is 0 Å². The molecule has 0 unspecified atom stereocenters. The first kappa shape index (κ1) is 13.3. The van der Waals surface area contributed by atoms with Gasteiger partial charge in [-0.05, 0) is 36.6 Å². The number of aliphatic carboxylic acids is 1. The molecule has 0 fully saturated rings. The number of carboxylic acid groups (broad SMARTS) is 1. The summed E-state index contributed by atoms with van der Waals surface area (Å²) >= 11 is 0. The summed E-state index contributed by atoms with van der Waals surface area (Å²) in [6, 6.07) is 3.08. The van der Waals surface area contributed by atoms with Gasteiger partial charge in [0.1, 0.15) is 0 Å².